The smallest absolute Gasteiger partial charge is 0.355 e. The van der Waals surface area contributed by atoms with Crippen molar-refractivity contribution in [1.29, 1.82) is 0 Å². The minimum atomic E-state index is -3.08. The van der Waals surface area contributed by atoms with Crippen LogP contribution in [-0.4, -0.2) is 60.0 Å². The highest BCUT2D eigenvalue weighted by atomic mass is 32.2. The zero-order valence-electron chi connectivity index (χ0n) is 14.4. The molecule has 1 aromatic rings. The normalized spacial score (nSPS) is 22.8. The lowest BCUT2D eigenvalue weighted by molar-refractivity contribution is -0.139. The van der Waals surface area contributed by atoms with Gasteiger partial charge in [-0.1, -0.05) is 12.8 Å². The number of ether oxygens (including phenoxy) is 1. The third-order valence-electron chi connectivity index (χ3n) is 5.09. The van der Waals surface area contributed by atoms with Crippen LogP contribution in [0.1, 0.15) is 42.6 Å². The Morgan fingerprint density at radius 3 is 2.52 bits per heavy atom. The van der Waals surface area contributed by atoms with Gasteiger partial charge in [0, 0.05) is 25.3 Å². The topological polar surface area (TPSA) is 85.7 Å². The average Bonchev–Trinajstić information content (AvgIpc) is 3.28. The van der Waals surface area contributed by atoms with E-state index in [-0.39, 0.29) is 36.1 Å². The van der Waals surface area contributed by atoms with Crippen molar-refractivity contribution in [1.82, 2.24) is 9.47 Å². The van der Waals surface area contributed by atoms with Crippen LogP contribution in [0.2, 0.25) is 0 Å². The predicted molar refractivity (Wildman–Crippen MR) is 91.9 cm³/mol. The van der Waals surface area contributed by atoms with Crippen LogP contribution in [-0.2, 0) is 26.4 Å². The van der Waals surface area contributed by atoms with Crippen molar-refractivity contribution < 1.29 is 22.7 Å². The molecule has 1 aromatic heterocycles. The number of hydrogen-bond donors (Lipinski definition) is 0. The first-order chi connectivity index (χ1) is 11.9. The Hall–Kier alpha value is -1.83. The molecule has 8 heteroatoms. The van der Waals surface area contributed by atoms with E-state index in [0.717, 1.165) is 25.7 Å². The molecule has 0 bridgehead atoms. The van der Waals surface area contributed by atoms with Gasteiger partial charge in [-0.25, -0.2) is 13.2 Å². The number of esters is 1. The fourth-order valence-electron chi connectivity index (χ4n) is 3.83. The summed E-state index contributed by atoms with van der Waals surface area (Å²) in [6, 6.07) is 3.12. The molecule has 0 spiro atoms. The van der Waals surface area contributed by atoms with E-state index in [0.29, 0.717) is 12.1 Å². The van der Waals surface area contributed by atoms with Crippen LogP contribution in [0.4, 0.5) is 0 Å². The molecule has 0 N–H and O–H groups in total. The number of carbonyl (C=O) groups is 2. The predicted octanol–water partition coefficient (Wildman–Crippen LogP) is 1.14. The number of amides is 1. The lowest BCUT2D eigenvalue weighted by Crippen LogP contribution is -2.48. The number of sulfone groups is 1. The van der Waals surface area contributed by atoms with Crippen molar-refractivity contribution in [3.63, 3.8) is 0 Å². The van der Waals surface area contributed by atoms with Gasteiger partial charge in [-0.3, -0.25) is 4.79 Å². The van der Waals surface area contributed by atoms with E-state index in [2.05, 4.69) is 0 Å². The molecule has 2 heterocycles. The van der Waals surface area contributed by atoms with Gasteiger partial charge in [0.2, 0.25) is 0 Å². The monoisotopic (exact) mass is 368 g/mol. The SMILES string of the molecule is Cn1cccc1C(=O)OCC(=O)N(C1CCCC1)[C@H]1CCS(=O)(=O)C1. The fraction of sp³-hybridized carbons (Fsp3) is 0.647. The van der Waals surface area contributed by atoms with Gasteiger partial charge < -0.3 is 14.2 Å². The standard InChI is InChI=1S/C17H24N2O5S/c1-18-9-4-7-15(18)17(21)24-11-16(20)19(13-5-2-3-6-13)14-8-10-25(22,23)12-14/h4,7,9,13-14H,2-3,5-6,8,10-12H2,1H3/t14-/m0/s1. The van der Waals surface area contributed by atoms with Gasteiger partial charge in [0.1, 0.15) is 5.69 Å². The number of aromatic nitrogens is 1. The molecule has 138 valence electrons. The molecule has 1 saturated heterocycles. The third-order valence-corrected chi connectivity index (χ3v) is 6.84. The van der Waals surface area contributed by atoms with Crippen LogP contribution in [0.5, 0.6) is 0 Å². The summed E-state index contributed by atoms with van der Waals surface area (Å²) in [7, 11) is -1.35. The Balaban J connectivity index is 1.67. The summed E-state index contributed by atoms with van der Waals surface area (Å²) in [5.41, 5.74) is 0.378. The first-order valence-electron chi connectivity index (χ1n) is 8.67. The van der Waals surface area contributed by atoms with Crippen LogP contribution in [0.3, 0.4) is 0 Å². The second-order valence-corrected chi connectivity index (χ2v) is 9.11. The molecule has 1 saturated carbocycles. The van der Waals surface area contributed by atoms with Crippen molar-refractivity contribution in [3.8, 4) is 0 Å². The Labute approximate surface area is 147 Å². The molecule has 0 radical (unpaired) electrons. The number of hydrogen-bond acceptors (Lipinski definition) is 5. The fourth-order valence-corrected chi connectivity index (χ4v) is 5.54. The second-order valence-electron chi connectivity index (χ2n) is 6.88. The molecular weight excluding hydrogens is 344 g/mol. The summed E-state index contributed by atoms with van der Waals surface area (Å²) < 4.78 is 30.4. The maximum atomic E-state index is 12.7. The molecule has 25 heavy (non-hydrogen) atoms. The summed E-state index contributed by atoms with van der Waals surface area (Å²) in [4.78, 5) is 26.5. The number of carbonyl (C=O) groups excluding carboxylic acids is 2. The number of aryl methyl sites for hydroxylation is 1. The Morgan fingerprint density at radius 2 is 1.96 bits per heavy atom. The summed E-state index contributed by atoms with van der Waals surface area (Å²) in [6.45, 7) is -0.350. The molecule has 2 fully saturated rings. The Bertz CT molecular complexity index is 749. The average molecular weight is 368 g/mol. The second kappa shape index (κ2) is 7.19. The van der Waals surface area contributed by atoms with E-state index < -0.39 is 15.8 Å². The molecule has 7 nitrogen and oxygen atoms in total. The highest BCUT2D eigenvalue weighted by molar-refractivity contribution is 7.91. The summed E-state index contributed by atoms with van der Waals surface area (Å²) in [5.74, 6) is -0.707. The van der Waals surface area contributed by atoms with Crippen molar-refractivity contribution in [2.75, 3.05) is 18.1 Å². The highest BCUT2D eigenvalue weighted by Gasteiger charge is 2.39. The molecule has 1 aliphatic carbocycles. The zero-order valence-corrected chi connectivity index (χ0v) is 15.2. The highest BCUT2D eigenvalue weighted by Crippen LogP contribution is 2.29. The Kier molecular flexibility index (Phi) is 5.17. The van der Waals surface area contributed by atoms with Gasteiger partial charge in [-0.05, 0) is 31.4 Å². The molecule has 1 amide bonds. The van der Waals surface area contributed by atoms with Crippen LogP contribution in [0, 0.1) is 0 Å². The van der Waals surface area contributed by atoms with E-state index in [1.165, 1.54) is 0 Å². The molecule has 2 aliphatic rings. The van der Waals surface area contributed by atoms with E-state index >= 15 is 0 Å². The molecule has 1 atom stereocenters. The van der Waals surface area contributed by atoms with E-state index in [4.69, 9.17) is 4.74 Å². The van der Waals surface area contributed by atoms with Gasteiger partial charge in [-0.2, -0.15) is 0 Å². The van der Waals surface area contributed by atoms with Crippen LogP contribution in [0.25, 0.3) is 0 Å². The third kappa shape index (κ3) is 4.05. The van der Waals surface area contributed by atoms with Gasteiger partial charge in [0.15, 0.2) is 16.4 Å². The molecular formula is C17H24N2O5S. The minimum absolute atomic E-state index is 0.0149. The molecule has 0 unspecified atom stereocenters. The molecule has 3 rings (SSSR count). The van der Waals surface area contributed by atoms with Crippen molar-refractivity contribution in [2.24, 2.45) is 7.05 Å². The lowest BCUT2D eigenvalue weighted by atomic mass is 10.1. The van der Waals surface area contributed by atoms with Crippen molar-refractivity contribution in [3.05, 3.63) is 24.0 Å². The summed E-state index contributed by atoms with van der Waals surface area (Å²) in [5, 5.41) is 0. The Morgan fingerprint density at radius 1 is 1.24 bits per heavy atom. The summed E-state index contributed by atoms with van der Waals surface area (Å²) >= 11 is 0. The maximum absolute atomic E-state index is 12.7. The first-order valence-corrected chi connectivity index (χ1v) is 10.5. The van der Waals surface area contributed by atoms with Crippen molar-refractivity contribution >= 4 is 21.7 Å². The first kappa shape index (κ1) is 18.0. The number of nitrogens with zero attached hydrogens (tertiary/aromatic N) is 2. The maximum Gasteiger partial charge on any atom is 0.355 e. The van der Waals surface area contributed by atoms with Crippen LogP contribution < -0.4 is 0 Å². The summed E-state index contributed by atoms with van der Waals surface area (Å²) in [6.07, 6.45) is 6.04. The quantitative estimate of drug-likeness (QED) is 0.728. The molecule has 0 aromatic carbocycles. The van der Waals surface area contributed by atoms with Gasteiger partial charge in [0.05, 0.1) is 11.5 Å². The number of rotatable bonds is 5. The van der Waals surface area contributed by atoms with Crippen molar-refractivity contribution in [2.45, 2.75) is 44.2 Å². The van der Waals surface area contributed by atoms with E-state index in [9.17, 15) is 18.0 Å². The van der Waals surface area contributed by atoms with E-state index in [1.807, 2.05) is 0 Å². The van der Waals surface area contributed by atoms with Crippen LogP contribution in [0.15, 0.2) is 18.3 Å². The largest absolute Gasteiger partial charge is 0.451 e. The van der Waals surface area contributed by atoms with E-state index in [1.54, 1.807) is 34.8 Å². The zero-order chi connectivity index (χ0) is 18.0. The van der Waals surface area contributed by atoms with Crippen LogP contribution >= 0.6 is 0 Å². The van der Waals surface area contributed by atoms with Gasteiger partial charge in [-0.15, -0.1) is 0 Å². The minimum Gasteiger partial charge on any atom is -0.451 e. The molecule has 1 aliphatic heterocycles. The lowest BCUT2D eigenvalue weighted by Gasteiger charge is -2.33. The van der Waals surface area contributed by atoms with Gasteiger partial charge >= 0.3 is 5.97 Å². The van der Waals surface area contributed by atoms with Gasteiger partial charge in [0.25, 0.3) is 5.91 Å².